The molecule has 118 valence electrons. The summed E-state index contributed by atoms with van der Waals surface area (Å²) in [6, 6.07) is 7.56. The molecule has 21 heavy (non-hydrogen) atoms. The Morgan fingerprint density at radius 2 is 1.81 bits per heavy atom. The molecular formula is C16H26ClN3O. The number of piperazine rings is 1. The molecule has 4 nitrogen and oxygen atoms in total. The number of halogens is 1. The highest BCUT2D eigenvalue weighted by atomic mass is 35.5. The van der Waals surface area contributed by atoms with Crippen LogP contribution in [0, 0.1) is 5.41 Å². The van der Waals surface area contributed by atoms with Crippen molar-refractivity contribution < 1.29 is 5.11 Å². The van der Waals surface area contributed by atoms with Gasteiger partial charge in [-0.15, -0.1) is 12.4 Å². The average molecular weight is 312 g/mol. The van der Waals surface area contributed by atoms with E-state index in [-0.39, 0.29) is 12.4 Å². The summed E-state index contributed by atoms with van der Waals surface area (Å²) < 4.78 is 0. The van der Waals surface area contributed by atoms with Gasteiger partial charge in [0.05, 0.1) is 0 Å². The second kappa shape index (κ2) is 6.86. The molecule has 2 N–H and O–H groups in total. The van der Waals surface area contributed by atoms with Gasteiger partial charge in [0.1, 0.15) is 5.75 Å². The van der Waals surface area contributed by atoms with Gasteiger partial charge in [-0.25, -0.2) is 0 Å². The molecule has 0 aliphatic carbocycles. The summed E-state index contributed by atoms with van der Waals surface area (Å²) in [7, 11) is 0. The highest BCUT2D eigenvalue weighted by Gasteiger charge is 2.31. The fourth-order valence-corrected chi connectivity index (χ4v) is 3.37. The van der Waals surface area contributed by atoms with E-state index in [1.807, 2.05) is 12.1 Å². The van der Waals surface area contributed by atoms with Gasteiger partial charge in [0.25, 0.3) is 0 Å². The number of anilines is 1. The van der Waals surface area contributed by atoms with E-state index >= 15 is 0 Å². The Balaban J connectivity index is 0.00000161. The lowest BCUT2D eigenvalue weighted by molar-refractivity contribution is 0.169. The third kappa shape index (κ3) is 4.02. The van der Waals surface area contributed by atoms with E-state index in [0.717, 1.165) is 32.7 Å². The number of nitrogens with one attached hydrogen (secondary N) is 1. The van der Waals surface area contributed by atoms with Crippen molar-refractivity contribution in [2.24, 2.45) is 5.41 Å². The maximum Gasteiger partial charge on any atom is 0.115 e. The van der Waals surface area contributed by atoms with Crippen LogP contribution >= 0.6 is 12.4 Å². The summed E-state index contributed by atoms with van der Waals surface area (Å²) >= 11 is 0. The van der Waals surface area contributed by atoms with E-state index in [1.165, 1.54) is 25.2 Å². The first-order valence-corrected chi connectivity index (χ1v) is 7.62. The van der Waals surface area contributed by atoms with E-state index in [9.17, 15) is 5.11 Å². The molecule has 2 fully saturated rings. The quantitative estimate of drug-likeness (QED) is 0.895. The standard InChI is InChI=1S/C16H25N3O.ClH/c1-16(6-7-17-12-16)13-18-8-10-19(11-9-18)14-2-4-15(20)5-3-14;/h2-5,17,20H,6-13H2,1H3;1H. The number of phenolic OH excluding ortho intramolecular Hbond substituents is 1. The zero-order chi connectivity index (χ0) is 14.0. The van der Waals surface area contributed by atoms with Crippen molar-refractivity contribution in [3.05, 3.63) is 24.3 Å². The van der Waals surface area contributed by atoms with Crippen LogP contribution in [-0.2, 0) is 0 Å². The van der Waals surface area contributed by atoms with E-state index in [2.05, 4.69) is 22.0 Å². The Morgan fingerprint density at radius 3 is 2.38 bits per heavy atom. The minimum atomic E-state index is 0. The SMILES string of the molecule is CC1(CN2CCN(c3ccc(O)cc3)CC2)CCNC1.Cl. The molecule has 1 atom stereocenters. The van der Waals surface area contributed by atoms with Gasteiger partial charge in [-0.1, -0.05) is 6.92 Å². The molecule has 0 aromatic heterocycles. The predicted molar refractivity (Wildman–Crippen MR) is 89.6 cm³/mol. The molecule has 3 rings (SSSR count). The van der Waals surface area contributed by atoms with Crippen LogP contribution in [0.1, 0.15) is 13.3 Å². The molecular weight excluding hydrogens is 286 g/mol. The predicted octanol–water partition coefficient (Wildman–Crippen LogP) is 1.94. The second-order valence-corrected chi connectivity index (χ2v) is 6.52. The summed E-state index contributed by atoms with van der Waals surface area (Å²) in [4.78, 5) is 5.01. The molecule has 2 aliphatic rings. The van der Waals surface area contributed by atoms with Crippen LogP contribution in [0.3, 0.4) is 0 Å². The first kappa shape index (κ1) is 16.4. The van der Waals surface area contributed by atoms with Crippen LogP contribution in [0.5, 0.6) is 5.75 Å². The largest absolute Gasteiger partial charge is 0.508 e. The van der Waals surface area contributed by atoms with Crippen molar-refractivity contribution in [1.29, 1.82) is 0 Å². The van der Waals surface area contributed by atoms with Crippen molar-refractivity contribution in [2.45, 2.75) is 13.3 Å². The van der Waals surface area contributed by atoms with Crippen molar-refractivity contribution in [3.8, 4) is 5.75 Å². The molecule has 1 unspecified atom stereocenters. The smallest absolute Gasteiger partial charge is 0.115 e. The zero-order valence-electron chi connectivity index (χ0n) is 12.7. The van der Waals surface area contributed by atoms with Gasteiger partial charge in [-0.05, 0) is 42.6 Å². The Morgan fingerprint density at radius 1 is 1.14 bits per heavy atom. The topological polar surface area (TPSA) is 38.7 Å². The fourth-order valence-electron chi connectivity index (χ4n) is 3.37. The number of rotatable bonds is 3. The Labute approximate surface area is 133 Å². The fraction of sp³-hybridized carbons (Fsp3) is 0.625. The number of hydrogen-bond donors (Lipinski definition) is 2. The van der Waals surface area contributed by atoms with E-state index in [0.29, 0.717) is 11.2 Å². The zero-order valence-corrected chi connectivity index (χ0v) is 13.5. The van der Waals surface area contributed by atoms with Crippen LogP contribution in [0.25, 0.3) is 0 Å². The summed E-state index contributed by atoms with van der Waals surface area (Å²) in [6.45, 7) is 10.4. The lowest BCUT2D eigenvalue weighted by Crippen LogP contribution is -2.49. The summed E-state index contributed by atoms with van der Waals surface area (Å²) in [5.74, 6) is 0.342. The highest BCUT2D eigenvalue weighted by Crippen LogP contribution is 2.27. The van der Waals surface area contributed by atoms with Gasteiger partial charge in [0.15, 0.2) is 0 Å². The Bertz CT molecular complexity index is 437. The highest BCUT2D eigenvalue weighted by molar-refractivity contribution is 5.85. The third-order valence-corrected chi connectivity index (χ3v) is 4.65. The van der Waals surface area contributed by atoms with Gasteiger partial charge in [-0.2, -0.15) is 0 Å². The summed E-state index contributed by atoms with van der Waals surface area (Å²) in [5, 5.41) is 12.8. The van der Waals surface area contributed by atoms with Crippen LogP contribution in [0.4, 0.5) is 5.69 Å². The molecule has 0 radical (unpaired) electrons. The first-order valence-electron chi connectivity index (χ1n) is 7.62. The van der Waals surface area contributed by atoms with Crippen LogP contribution in [0.2, 0.25) is 0 Å². The Kier molecular flexibility index (Phi) is 5.36. The van der Waals surface area contributed by atoms with E-state index < -0.39 is 0 Å². The van der Waals surface area contributed by atoms with Crippen molar-refractivity contribution >= 4 is 18.1 Å². The van der Waals surface area contributed by atoms with Crippen LogP contribution < -0.4 is 10.2 Å². The van der Waals surface area contributed by atoms with E-state index in [1.54, 1.807) is 12.1 Å². The molecule has 0 bridgehead atoms. The molecule has 1 aromatic carbocycles. The summed E-state index contributed by atoms with van der Waals surface area (Å²) in [6.07, 6.45) is 1.30. The van der Waals surface area contributed by atoms with Crippen molar-refractivity contribution in [2.75, 3.05) is 50.7 Å². The van der Waals surface area contributed by atoms with Crippen molar-refractivity contribution in [1.82, 2.24) is 10.2 Å². The molecule has 1 aromatic rings. The number of hydrogen-bond acceptors (Lipinski definition) is 4. The minimum absolute atomic E-state index is 0. The molecule has 0 saturated carbocycles. The van der Waals surface area contributed by atoms with Gasteiger partial charge in [-0.3, -0.25) is 4.90 Å². The minimum Gasteiger partial charge on any atom is -0.508 e. The van der Waals surface area contributed by atoms with Gasteiger partial charge >= 0.3 is 0 Å². The molecule has 2 aliphatic heterocycles. The van der Waals surface area contributed by atoms with Gasteiger partial charge in [0.2, 0.25) is 0 Å². The lowest BCUT2D eigenvalue weighted by atomic mass is 9.89. The molecule has 2 saturated heterocycles. The lowest BCUT2D eigenvalue weighted by Gasteiger charge is -2.39. The van der Waals surface area contributed by atoms with Gasteiger partial charge in [0, 0.05) is 45.0 Å². The molecule has 2 heterocycles. The van der Waals surface area contributed by atoms with Gasteiger partial charge < -0.3 is 15.3 Å². The van der Waals surface area contributed by atoms with Crippen LogP contribution in [0.15, 0.2) is 24.3 Å². The number of benzene rings is 1. The van der Waals surface area contributed by atoms with E-state index in [4.69, 9.17) is 0 Å². The number of aromatic hydroxyl groups is 1. The normalized spacial score (nSPS) is 26.6. The Hall–Kier alpha value is -0.970. The molecule has 0 amide bonds. The number of phenols is 1. The molecule has 0 spiro atoms. The first-order chi connectivity index (χ1) is 9.65. The molecule has 5 heteroatoms. The monoisotopic (exact) mass is 311 g/mol. The van der Waals surface area contributed by atoms with Crippen LogP contribution in [-0.4, -0.2) is 55.8 Å². The third-order valence-electron chi connectivity index (χ3n) is 4.65. The maximum absolute atomic E-state index is 9.35. The second-order valence-electron chi connectivity index (χ2n) is 6.52. The summed E-state index contributed by atoms with van der Waals surface area (Å²) in [5.41, 5.74) is 1.68. The average Bonchev–Trinajstić information content (AvgIpc) is 2.87. The number of nitrogens with zero attached hydrogens (tertiary/aromatic N) is 2. The maximum atomic E-state index is 9.35. The van der Waals surface area contributed by atoms with Crippen molar-refractivity contribution in [3.63, 3.8) is 0 Å².